The molecule has 0 aromatic heterocycles. The van der Waals surface area contributed by atoms with Crippen LogP contribution in [-0.4, -0.2) is 30.4 Å². The van der Waals surface area contributed by atoms with E-state index in [1.807, 2.05) is 6.07 Å². The van der Waals surface area contributed by atoms with Gasteiger partial charge in [0.25, 0.3) is 5.91 Å². The molecular weight excluding hydrogens is 260 g/mol. The second-order valence-electron chi connectivity index (χ2n) is 3.35. The predicted octanol–water partition coefficient (Wildman–Crippen LogP) is 1.85. The monoisotopic (exact) mass is 268 g/mol. The van der Waals surface area contributed by atoms with Gasteiger partial charge in [0.15, 0.2) is 0 Å². The van der Waals surface area contributed by atoms with Gasteiger partial charge >= 0.3 is 6.03 Å². The van der Waals surface area contributed by atoms with Gasteiger partial charge in [0.05, 0.1) is 5.69 Å². The largest absolute Gasteiger partial charge is 0.331 e. The molecule has 4 nitrogen and oxygen atoms in total. The summed E-state index contributed by atoms with van der Waals surface area (Å²) in [5, 5.41) is 0. The Kier molecular flexibility index (Phi) is 2.48. The van der Waals surface area contributed by atoms with Crippen molar-refractivity contribution in [3.8, 4) is 0 Å². The van der Waals surface area contributed by atoms with E-state index in [0.717, 1.165) is 4.47 Å². The van der Waals surface area contributed by atoms with Crippen LogP contribution in [0.15, 0.2) is 28.7 Å². The van der Waals surface area contributed by atoms with Crippen molar-refractivity contribution in [3.05, 3.63) is 28.7 Å². The topological polar surface area (TPSA) is 40.6 Å². The number of carbonyl (C=O) groups excluding carboxylic acids is 2. The summed E-state index contributed by atoms with van der Waals surface area (Å²) in [4.78, 5) is 25.8. The molecule has 3 amide bonds. The van der Waals surface area contributed by atoms with Crippen molar-refractivity contribution >= 4 is 33.6 Å². The van der Waals surface area contributed by atoms with Crippen LogP contribution in [0, 0.1) is 0 Å². The van der Waals surface area contributed by atoms with Crippen LogP contribution in [0.25, 0.3) is 0 Å². The summed E-state index contributed by atoms with van der Waals surface area (Å²) >= 11 is 3.30. The Morgan fingerprint density at radius 2 is 2.07 bits per heavy atom. The lowest BCUT2D eigenvalue weighted by Crippen LogP contribution is -2.31. The van der Waals surface area contributed by atoms with Gasteiger partial charge in [-0.1, -0.05) is 22.0 Å². The number of rotatable bonds is 1. The first-order valence-corrected chi connectivity index (χ1v) is 5.22. The predicted molar refractivity (Wildman–Crippen MR) is 59.7 cm³/mol. The average Bonchev–Trinajstić information content (AvgIpc) is 2.41. The van der Waals surface area contributed by atoms with E-state index in [9.17, 15) is 9.59 Å². The maximum atomic E-state index is 11.6. The third-order valence-electron chi connectivity index (χ3n) is 2.21. The minimum Gasteiger partial charge on any atom is -0.318 e. The van der Waals surface area contributed by atoms with Crippen molar-refractivity contribution in [2.45, 2.75) is 0 Å². The molecule has 0 N–H and O–H groups in total. The Morgan fingerprint density at radius 3 is 2.60 bits per heavy atom. The number of carbonyl (C=O) groups is 2. The molecule has 78 valence electrons. The molecule has 1 saturated heterocycles. The molecule has 5 heteroatoms. The van der Waals surface area contributed by atoms with E-state index in [-0.39, 0.29) is 18.5 Å². The van der Waals surface area contributed by atoms with E-state index in [0.29, 0.717) is 5.69 Å². The summed E-state index contributed by atoms with van der Waals surface area (Å²) in [6.07, 6.45) is 0. The first kappa shape index (κ1) is 10.2. The Hall–Kier alpha value is -1.36. The second-order valence-corrected chi connectivity index (χ2v) is 4.26. The van der Waals surface area contributed by atoms with E-state index in [4.69, 9.17) is 0 Å². The van der Waals surface area contributed by atoms with Crippen LogP contribution in [0.3, 0.4) is 0 Å². The fourth-order valence-corrected chi connectivity index (χ4v) is 1.88. The second kappa shape index (κ2) is 3.66. The summed E-state index contributed by atoms with van der Waals surface area (Å²) in [5.41, 5.74) is 0.601. The zero-order chi connectivity index (χ0) is 11.0. The minimum absolute atomic E-state index is 0.144. The van der Waals surface area contributed by atoms with Crippen molar-refractivity contribution in [2.75, 3.05) is 18.5 Å². The van der Waals surface area contributed by atoms with E-state index < -0.39 is 0 Å². The van der Waals surface area contributed by atoms with Crippen LogP contribution < -0.4 is 4.90 Å². The molecule has 0 bridgehead atoms. The molecule has 0 radical (unpaired) electrons. The van der Waals surface area contributed by atoms with E-state index in [1.54, 1.807) is 25.2 Å². The molecule has 1 aliphatic rings. The summed E-state index contributed by atoms with van der Waals surface area (Å²) < 4.78 is 0.843. The average molecular weight is 269 g/mol. The molecule has 0 unspecified atom stereocenters. The maximum Gasteiger partial charge on any atom is 0.331 e. The maximum absolute atomic E-state index is 11.6. The van der Waals surface area contributed by atoms with Crippen LogP contribution in [0.5, 0.6) is 0 Å². The summed E-state index contributed by atoms with van der Waals surface area (Å²) in [6, 6.07) is 6.84. The number of anilines is 1. The Morgan fingerprint density at radius 1 is 1.33 bits per heavy atom. The Bertz CT molecular complexity index is 433. The number of urea groups is 1. The molecule has 1 fully saturated rings. The molecule has 1 aromatic carbocycles. The van der Waals surface area contributed by atoms with E-state index in [2.05, 4.69) is 15.9 Å². The molecule has 0 spiro atoms. The zero-order valence-electron chi connectivity index (χ0n) is 8.11. The number of amides is 3. The van der Waals surface area contributed by atoms with Gasteiger partial charge in [0.1, 0.15) is 6.54 Å². The number of benzene rings is 1. The molecule has 1 aromatic rings. The van der Waals surface area contributed by atoms with Crippen molar-refractivity contribution < 1.29 is 9.59 Å². The number of imide groups is 1. The van der Waals surface area contributed by atoms with Crippen molar-refractivity contribution in [1.29, 1.82) is 0 Å². The number of nitrogens with zero attached hydrogens (tertiary/aromatic N) is 2. The third-order valence-corrected chi connectivity index (χ3v) is 2.70. The highest BCUT2D eigenvalue weighted by Crippen LogP contribution is 2.23. The van der Waals surface area contributed by atoms with Crippen molar-refractivity contribution in [2.24, 2.45) is 0 Å². The number of likely N-dealkylation sites (N-methyl/N-ethyl adjacent to an activating group) is 1. The first-order chi connectivity index (χ1) is 7.09. The molecule has 1 heterocycles. The Balaban J connectivity index is 2.39. The lowest BCUT2D eigenvalue weighted by molar-refractivity contribution is -0.116. The normalized spacial score (nSPS) is 16.4. The summed E-state index contributed by atoms with van der Waals surface area (Å²) in [6.45, 7) is 0.144. The van der Waals surface area contributed by atoms with Crippen LogP contribution in [0.1, 0.15) is 0 Å². The van der Waals surface area contributed by atoms with Gasteiger partial charge in [0, 0.05) is 11.5 Å². The van der Waals surface area contributed by atoms with Gasteiger partial charge in [0.2, 0.25) is 0 Å². The van der Waals surface area contributed by atoms with Crippen LogP contribution >= 0.6 is 15.9 Å². The van der Waals surface area contributed by atoms with Gasteiger partial charge in [-0.25, -0.2) is 9.69 Å². The van der Waals surface area contributed by atoms with Crippen LogP contribution in [-0.2, 0) is 4.79 Å². The van der Waals surface area contributed by atoms with Gasteiger partial charge < -0.3 is 4.90 Å². The standard InChI is InChI=1S/C10H9BrN2O2/c1-12-6-9(14)13(10(12)15)8-4-2-3-7(11)5-8/h2-5H,6H2,1H3. The number of hydrogen-bond donors (Lipinski definition) is 0. The molecule has 0 atom stereocenters. The fraction of sp³-hybridized carbons (Fsp3) is 0.200. The van der Waals surface area contributed by atoms with E-state index >= 15 is 0 Å². The fourth-order valence-electron chi connectivity index (χ4n) is 1.49. The van der Waals surface area contributed by atoms with Gasteiger partial charge in [-0.05, 0) is 18.2 Å². The van der Waals surface area contributed by atoms with Crippen molar-refractivity contribution in [3.63, 3.8) is 0 Å². The molecule has 2 rings (SSSR count). The Labute approximate surface area is 95.6 Å². The van der Waals surface area contributed by atoms with Crippen molar-refractivity contribution in [1.82, 2.24) is 4.90 Å². The highest BCUT2D eigenvalue weighted by atomic mass is 79.9. The zero-order valence-corrected chi connectivity index (χ0v) is 9.69. The van der Waals surface area contributed by atoms with Gasteiger partial charge in [-0.3, -0.25) is 4.79 Å². The SMILES string of the molecule is CN1CC(=O)N(c2cccc(Br)c2)C1=O. The highest BCUT2D eigenvalue weighted by molar-refractivity contribution is 9.10. The molecule has 0 aliphatic carbocycles. The molecular formula is C10H9BrN2O2. The lowest BCUT2D eigenvalue weighted by atomic mass is 10.3. The molecule has 15 heavy (non-hydrogen) atoms. The third kappa shape index (κ3) is 1.74. The van der Waals surface area contributed by atoms with Crippen LogP contribution in [0.4, 0.5) is 10.5 Å². The van der Waals surface area contributed by atoms with Gasteiger partial charge in [-0.15, -0.1) is 0 Å². The summed E-state index contributed by atoms with van der Waals surface area (Å²) in [5.74, 6) is -0.194. The minimum atomic E-state index is -0.280. The van der Waals surface area contributed by atoms with E-state index in [1.165, 1.54) is 9.80 Å². The van der Waals surface area contributed by atoms with Gasteiger partial charge in [-0.2, -0.15) is 0 Å². The highest BCUT2D eigenvalue weighted by Gasteiger charge is 2.34. The quantitative estimate of drug-likeness (QED) is 0.730. The molecule has 0 saturated carbocycles. The number of halogens is 1. The van der Waals surface area contributed by atoms with Crippen LogP contribution in [0.2, 0.25) is 0 Å². The first-order valence-electron chi connectivity index (χ1n) is 4.43. The number of hydrogen-bond acceptors (Lipinski definition) is 2. The summed E-state index contributed by atoms with van der Waals surface area (Å²) in [7, 11) is 1.61. The molecule has 1 aliphatic heterocycles. The lowest BCUT2D eigenvalue weighted by Gasteiger charge is -2.13. The smallest absolute Gasteiger partial charge is 0.318 e.